The molecule has 0 unspecified atom stereocenters. The van der Waals surface area contributed by atoms with Gasteiger partial charge in [-0.2, -0.15) is 18.3 Å². The number of alkyl halides is 3. The molecule has 0 saturated carbocycles. The van der Waals surface area contributed by atoms with Crippen LogP contribution in [0.3, 0.4) is 0 Å². The Morgan fingerprint density at radius 1 is 1.00 bits per heavy atom. The normalized spacial score (nSPS) is 11.9. The van der Waals surface area contributed by atoms with Gasteiger partial charge in [-0.05, 0) is 42.5 Å². The Morgan fingerprint density at radius 3 is 2.35 bits per heavy atom. The maximum Gasteiger partial charge on any atom is 0.416 e. The molecule has 0 aliphatic rings. The zero-order valence-electron chi connectivity index (χ0n) is 10.2. The average Bonchev–Trinajstić information content (AvgIpc) is 2.80. The van der Waals surface area contributed by atoms with E-state index in [1.54, 1.807) is 24.4 Å². The molecular weight excluding hydrogens is 267 g/mol. The summed E-state index contributed by atoms with van der Waals surface area (Å²) in [6, 6.07) is 10.1. The minimum absolute atomic E-state index is 0.563. The first-order chi connectivity index (χ1) is 9.43. The maximum atomic E-state index is 12.5. The highest BCUT2D eigenvalue weighted by Gasteiger charge is 2.30. The summed E-state index contributed by atoms with van der Waals surface area (Å²) in [4.78, 5) is 0. The van der Waals surface area contributed by atoms with Crippen LogP contribution >= 0.6 is 0 Å². The number of nitrogens with two attached hydrogens (primary N) is 1. The fraction of sp³-hybridized carbons (Fsp3) is 0.0714. The molecule has 3 nitrogen and oxygen atoms in total. The summed E-state index contributed by atoms with van der Waals surface area (Å²) in [7, 11) is 0. The van der Waals surface area contributed by atoms with Crippen LogP contribution in [0.4, 0.5) is 18.9 Å². The molecule has 0 aliphatic carbocycles. The zero-order valence-corrected chi connectivity index (χ0v) is 10.2. The highest BCUT2D eigenvalue weighted by molar-refractivity contribution is 5.81. The fourth-order valence-corrected chi connectivity index (χ4v) is 1.98. The van der Waals surface area contributed by atoms with Crippen molar-refractivity contribution < 1.29 is 13.2 Å². The molecule has 2 N–H and O–H groups in total. The number of nitrogen functional groups attached to an aromatic ring is 1. The maximum absolute atomic E-state index is 12.5. The third kappa shape index (κ3) is 2.20. The SMILES string of the molecule is Nc1ccc2nn(-c3ccc(C(F)(F)F)cc3)cc2c1. The van der Waals surface area contributed by atoms with Crippen LogP contribution in [0.5, 0.6) is 0 Å². The van der Waals surface area contributed by atoms with E-state index < -0.39 is 11.7 Å². The van der Waals surface area contributed by atoms with Crippen LogP contribution in [-0.2, 0) is 6.18 Å². The molecule has 0 spiro atoms. The van der Waals surface area contributed by atoms with Crippen LogP contribution in [-0.4, -0.2) is 9.78 Å². The highest BCUT2D eigenvalue weighted by Crippen LogP contribution is 2.29. The molecule has 0 fully saturated rings. The number of anilines is 1. The van der Waals surface area contributed by atoms with Crippen molar-refractivity contribution in [3.05, 3.63) is 54.2 Å². The van der Waals surface area contributed by atoms with Gasteiger partial charge in [-0.25, -0.2) is 4.68 Å². The summed E-state index contributed by atoms with van der Waals surface area (Å²) in [6.45, 7) is 0. The monoisotopic (exact) mass is 277 g/mol. The Labute approximate surface area is 112 Å². The second-order valence-corrected chi connectivity index (χ2v) is 4.44. The third-order valence-corrected chi connectivity index (χ3v) is 2.99. The molecule has 3 rings (SSSR count). The summed E-state index contributed by atoms with van der Waals surface area (Å²) < 4.78 is 39.0. The summed E-state index contributed by atoms with van der Waals surface area (Å²) >= 11 is 0. The molecule has 6 heteroatoms. The van der Waals surface area contributed by atoms with Crippen LogP contribution in [0.2, 0.25) is 0 Å². The predicted octanol–water partition coefficient (Wildman–Crippen LogP) is 3.63. The second-order valence-electron chi connectivity index (χ2n) is 4.44. The molecule has 0 aliphatic heterocycles. The zero-order chi connectivity index (χ0) is 14.3. The van der Waals surface area contributed by atoms with Gasteiger partial charge in [0.25, 0.3) is 0 Å². The van der Waals surface area contributed by atoms with Crippen molar-refractivity contribution >= 4 is 16.6 Å². The number of rotatable bonds is 1. The lowest BCUT2D eigenvalue weighted by Gasteiger charge is -2.07. The summed E-state index contributed by atoms with van der Waals surface area (Å²) in [5.74, 6) is 0. The fourth-order valence-electron chi connectivity index (χ4n) is 1.98. The molecule has 0 saturated heterocycles. The summed E-state index contributed by atoms with van der Waals surface area (Å²) in [5.41, 5.74) is 6.91. The van der Waals surface area contributed by atoms with Crippen LogP contribution in [0.15, 0.2) is 48.7 Å². The van der Waals surface area contributed by atoms with Gasteiger partial charge in [0, 0.05) is 17.3 Å². The van der Waals surface area contributed by atoms with Gasteiger partial charge in [-0.15, -0.1) is 0 Å². The van der Waals surface area contributed by atoms with E-state index in [0.29, 0.717) is 11.4 Å². The molecule has 20 heavy (non-hydrogen) atoms. The number of aromatic nitrogens is 2. The number of hydrogen-bond donors (Lipinski definition) is 1. The molecule has 0 radical (unpaired) electrons. The van der Waals surface area contributed by atoms with Crippen molar-refractivity contribution in [3.8, 4) is 5.69 Å². The molecule has 102 valence electrons. The van der Waals surface area contributed by atoms with Gasteiger partial charge < -0.3 is 5.73 Å². The Bertz CT molecular complexity index is 757. The number of benzene rings is 2. The Hall–Kier alpha value is -2.50. The van der Waals surface area contributed by atoms with Gasteiger partial charge in [-0.1, -0.05) is 0 Å². The van der Waals surface area contributed by atoms with Gasteiger partial charge in [0.2, 0.25) is 0 Å². The second kappa shape index (κ2) is 4.26. The molecule has 0 atom stereocenters. The van der Waals surface area contributed by atoms with Crippen molar-refractivity contribution in [1.82, 2.24) is 9.78 Å². The van der Waals surface area contributed by atoms with Crippen LogP contribution < -0.4 is 5.73 Å². The van der Waals surface area contributed by atoms with E-state index in [4.69, 9.17) is 5.73 Å². The molecule has 3 aromatic rings. The van der Waals surface area contributed by atoms with E-state index in [-0.39, 0.29) is 0 Å². The number of nitrogens with zero attached hydrogens (tertiary/aromatic N) is 2. The van der Waals surface area contributed by atoms with Crippen molar-refractivity contribution in [3.63, 3.8) is 0 Å². The van der Waals surface area contributed by atoms with E-state index in [0.717, 1.165) is 23.0 Å². The topological polar surface area (TPSA) is 43.8 Å². The minimum atomic E-state index is -4.33. The lowest BCUT2D eigenvalue weighted by atomic mass is 10.2. The van der Waals surface area contributed by atoms with Gasteiger partial charge in [0.1, 0.15) is 0 Å². The minimum Gasteiger partial charge on any atom is -0.399 e. The molecule has 1 aromatic heterocycles. The standard InChI is InChI=1S/C14H10F3N3/c15-14(16,17)10-1-4-12(5-2-10)20-8-9-7-11(18)3-6-13(9)19-20/h1-8H,18H2. The van der Waals surface area contributed by atoms with Gasteiger partial charge in [0.15, 0.2) is 0 Å². The lowest BCUT2D eigenvalue weighted by Crippen LogP contribution is -2.05. The number of hydrogen-bond acceptors (Lipinski definition) is 2. The van der Waals surface area contributed by atoms with E-state index in [9.17, 15) is 13.2 Å². The first-order valence-electron chi connectivity index (χ1n) is 5.86. The smallest absolute Gasteiger partial charge is 0.399 e. The summed E-state index contributed by atoms with van der Waals surface area (Å²) in [6.07, 6.45) is -2.60. The highest BCUT2D eigenvalue weighted by atomic mass is 19.4. The Balaban J connectivity index is 2.02. The average molecular weight is 277 g/mol. The van der Waals surface area contributed by atoms with Crippen LogP contribution in [0.1, 0.15) is 5.56 Å². The van der Waals surface area contributed by atoms with Crippen molar-refractivity contribution in [1.29, 1.82) is 0 Å². The Morgan fingerprint density at radius 2 is 1.70 bits per heavy atom. The molecule has 0 amide bonds. The number of fused-ring (bicyclic) bond motifs is 1. The van der Waals surface area contributed by atoms with Crippen molar-refractivity contribution in [2.75, 3.05) is 5.73 Å². The first-order valence-corrected chi connectivity index (χ1v) is 5.86. The van der Waals surface area contributed by atoms with Crippen molar-refractivity contribution in [2.24, 2.45) is 0 Å². The Kier molecular flexibility index (Phi) is 2.67. The van der Waals surface area contributed by atoms with Gasteiger partial charge in [0.05, 0.1) is 16.8 Å². The predicted molar refractivity (Wildman–Crippen MR) is 70.5 cm³/mol. The molecular formula is C14H10F3N3. The van der Waals surface area contributed by atoms with E-state index >= 15 is 0 Å². The van der Waals surface area contributed by atoms with E-state index in [1.807, 2.05) is 0 Å². The third-order valence-electron chi connectivity index (χ3n) is 2.99. The number of halogens is 3. The van der Waals surface area contributed by atoms with E-state index in [1.165, 1.54) is 16.8 Å². The summed E-state index contributed by atoms with van der Waals surface area (Å²) in [5, 5.41) is 5.13. The van der Waals surface area contributed by atoms with Crippen LogP contribution in [0, 0.1) is 0 Å². The largest absolute Gasteiger partial charge is 0.416 e. The quantitative estimate of drug-likeness (QED) is 0.690. The van der Waals surface area contributed by atoms with Gasteiger partial charge in [-0.3, -0.25) is 0 Å². The van der Waals surface area contributed by atoms with Gasteiger partial charge >= 0.3 is 6.18 Å². The molecule has 1 heterocycles. The van der Waals surface area contributed by atoms with Crippen molar-refractivity contribution in [2.45, 2.75) is 6.18 Å². The first kappa shape index (κ1) is 12.5. The lowest BCUT2D eigenvalue weighted by molar-refractivity contribution is -0.137. The molecule has 2 aromatic carbocycles. The van der Waals surface area contributed by atoms with E-state index in [2.05, 4.69) is 5.10 Å². The van der Waals surface area contributed by atoms with Crippen LogP contribution in [0.25, 0.3) is 16.6 Å². The molecule has 0 bridgehead atoms.